The van der Waals surface area contributed by atoms with Crippen molar-refractivity contribution in [2.75, 3.05) is 7.11 Å². The van der Waals surface area contributed by atoms with E-state index >= 15 is 0 Å². The Morgan fingerprint density at radius 1 is 1.33 bits per heavy atom. The zero-order valence-corrected chi connectivity index (χ0v) is 9.87. The first-order valence-electron chi connectivity index (χ1n) is 5.05. The molecule has 3 nitrogen and oxygen atoms in total. The van der Waals surface area contributed by atoms with E-state index < -0.39 is 5.54 Å². The van der Waals surface area contributed by atoms with E-state index in [4.69, 9.17) is 16.2 Å². The summed E-state index contributed by atoms with van der Waals surface area (Å²) >= 11 is 0. The molecule has 0 bridgehead atoms. The van der Waals surface area contributed by atoms with Crippen molar-refractivity contribution in [2.24, 2.45) is 11.5 Å². The zero-order chi connectivity index (χ0) is 11.6. The van der Waals surface area contributed by atoms with Crippen molar-refractivity contribution in [3.05, 3.63) is 29.3 Å². The third-order valence-electron chi connectivity index (χ3n) is 2.52. The lowest BCUT2D eigenvalue weighted by Crippen LogP contribution is -2.43. The van der Waals surface area contributed by atoms with Crippen LogP contribution >= 0.6 is 0 Å². The van der Waals surface area contributed by atoms with Crippen LogP contribution in [0.15, 0.2) is 18.2 Å². The van der Waals surface area contributed by atoms with Gasteiger partial charge in [0.05, 0.1) is 13.2 Å². The lowest BCUT2D eigenvalue weighted by Gasteiger charge is -2.28. The van der Waals surface area contributed by atoms with Crippen LogP contribution in [-0.4, -0.2) is 12.6 Å². The fourth-order valence-electron chi connectivity index (χ4n) is 1.50. The summed E-state index contributed by atoms with van der Waals surface area (Å²) in [7, 11) is 1.64. The molecule has 0 radical (unpaired) electrons. The monoisotopic (exact) mass is 208 g/mol. The van der Waals surface area contributed by atoms with Crippen LogP contribution in [0.25, 0.3) is 0 Å². The molecule has 0 aliphatic carbocycles. The minimum atomic E-state index is -0.457. The van der Waals surface area contributed by atoms with E-state index in [2.05, 4.69) is 0 Å². The molecule has 1 unspecified atom stereocenters. The lowest BCUT2D eigenvalue weighted by molar-refractivity contribution is 0.376. The fraction of sp³-hybridized carbons (Fsp3) is 0.500. The van der Waals surface area contributed by atoms with E-state index in [1.54, 1.807) is 7.11 Å². The van der Waals surface area contributed by atoms with Gasteiger partial charge in [-0.1, -0.05) is 17.7 Å². The van der Waals surface area contributed by atoms with Crippen molar-refractivity contribution >= 4 is 0 Å². The number of aryl methyl sites for hydroxylation is 1. The standard InChI is InChI=1S/C12H20N2O/c1-8-5-6-10(15-4)9(7-8)11(13)12(2,3)14/h5-7,11H,13-14H2,1-4H3. The van der Waals surface area contributed by atoms with E-state index in [0.717, 1.165) is 16.9 Å². The summed E-state index contributed by atoms with van der Waals surface area (Å²) in [4.78, 5) is 0. The maximum absolute atomic E-state index is 6.11. The normalized spacial score (nSPS) is 13.7. The SMILES string of the molecule is COc1ccc(C)cc1C(N)C(C)(C)N. The van der Waals surface area contributed by atoms with Gasteiger partial charge in [0, 0.05) is 11.1 Å². The summed E-state index contributed by atoms with van der Waals surface area (Å²) in [5.74, 6) is 0.798. The van der Waals surface area contributed by atoms with Gasteiger partial charge in [0.2, 0.25) is 0 Å². The van der Waals surface area contributed by atoms with Gasteiger partial charge in [0.25, 0.3) is 0 Å². The van der Waals surface area contributed by atoms with Gasteiger partial charge in [-0.05, 0) is 26.8 Å². The van der Waals surface area contributed by atoms with Crippen molar-refractivity contribution < 1.29 is 4.74 Å². The zero-order valence-electron chi connectivity index (χ0n) is 9.87. The van der Waals surface area contributed by atoms with Crippen molar-refractivity contribution in [3.8, 4) is 5.75 Å². The molecule has 0 aromatic heterocycles. The van der Waals surface area contributed by atoms with Crippen LogP contribution in [-0.2, 0) is 0 Å². The number of hydrogen-bond acceptors (Lipinski definition) is 3. The second-order valence-electron chi connectivity index (χ2n) is 4.54. The largest absolute Gasteiger partial charge is 0.496 e. The molecule has 15 heavy (non-hydrogen) atoms. The Labute approximate surface area is 91.4 Å². The molecule has 0 spiro atoms. The van der Waals surface area contributed by atoms with Gasteiger partial charge >= 0.3 is 0 Å². The Morgan fingerprint density at radius 2 is 1.93 bits per heavy atom. The molecular weight excluding hydrogens is 188 g/mol. The summed E-state index contributed by atoms with van der Waals surface area (Å²) in [6, 6.07) is 5.72. The summed E-state index contributed by atoms with van der Waals surface area (Å²) in [6.45, 7) is 5.86. The van der Waals surface area contributed by atoms with Crippen molar-refractivity contribution in [1.82, 2.24) is 0 Å². The maximum Gasteiger partial charge on any atom is 0.123 e. The third kappa shape index (κ3) is 2.70. The highest BCUT2D eigenvalue weighted by Crippen LogP contribution is 2.29. The number of ether oxygens (including phenoxy) is 1. The van der Waals surface area contributed by atoms with Crippen LogP contribution in [0, 0.1) is 6.92 Å². The van der Waals surface area contributed by atoms with Gasteiger partial charge in [0.15, 0.2) is 0 Å². The summed E-state index contributed by atoms with van der Waals surface area (Å²) in [6.07, 6.45) is 0. The first kappa shape index (κ1) is 12.0. The smallest absolute Gasteiger partial charge is 0.123 e. The molecule has 0 aliphatic heterocycles. The van der Waals surface area contributed by atoms with Crippen molar-refractivity contribution in [1.29, 1.82) is 0 Å². The summed E-state index contributed by atoms with van der Waals surface area (Å²) < 4.78 is 5.28. The van der Waals surface area contributed by atoms with Gasteiger partial charge in [-0.2, -0.15) is 0 Å². The van der Waals surface area contributed by atoms with Crippen LogP contribution in [0.4, 0.5) is 0 Å². The van der Waals surface area contributed by atoms with E-state index in [9.17, 15) is 0 Å². The van der Waals surface area contributed by atoms with Crippen LogP contribution < -0.4 is 16.2 Å². The molecule has 0 amide bonds. The molecule has 0 fully saturated rings. The molecule has 0 heterocycles. The molecule has 1 rings (SSSR count). The molecule has 0 saturated carbocycles. The number of rotatable bonds is 3. The van der Waals surface area contributed by atoms with Crippen LogP contribution in [0.2, 0.25) is 0 Å². The second-order valence-corrected chi connectivity index (χ2v) is 4.54. The number of benzene rings is 1. The molecule has 0 saturated heterocycles. The molecule has 84 valence electrons. The molecule has 0 aliphatic rings. The Morgan fingerprint density at radius 3 is 2.40 bits per heavy atom. The van der Waals surface area contributed by atoms with Gasteiger partial charge in [-0.3, -0.25) is 0 Å². The minimum absolute atomic E-state index is 0.229. The molecule has 4 N–H and O–H groups in total. The highest BCUT2D eigenvalue weighted by atomic mass is 16.5. The first-order chi connectivity index (χ1) is 6.86. The summed E-state index contributed by atoms with van der Waals surface area (Å²) in [5, 5.41) is 0. The van der Waals surface area contributed by atoms with Crippen LogP contribution in [0.5, 0.6) is 5.75 Å². The maximum atomic E-state index is 6.11. The predicted octanol–water partition coefficient (Wildman–Crippen LogP) is 1.74. The number of methoxy groups -OCH3 is 1. The number of nitrogens with two attached hydrogens (primary N) is 2. The minimum Gasteiger partial charge on any atom is -0.496 e. The molecule has 1 aromatic carbocycles. The Hall–Kier alpha value is -1.06. The highest BCUT2D eigenvalue weighted by Gasteiger charge is 2.25. The molecule has 1 aromatic rings. The second kappa shape index (κ2) is 4.21. The van der Waals surface area contributed by atoms with Gasteiger partial charge in [0.1, 0.15) is 5.75 Å². The van der Waals surface area contributed by atoms with E-state index in [1.807, 2.05) is 39.0 Å². The quantitative estimate of drug-likeness (QED) is 0.795. The van der Waals surface area contributed by atoms with Crippen molar-refractivity contribution in [2.45, 2.75) is 32.4 Å². The van der Waals surface area contributed by atoms with Crippen LogP contribution in [0.3, 0.4) is 0 Å². The third-order valence-corrected chi connectivity index (χ3v) is 2.52. The highest BCUT2D eigenvalue weighted by molar-refractivity contribution is 5.40. The van der Waals surface area contributed by atoms with Crippen LogP contribution in [0.1, 0.15) is 31.0 Å². The molecule has 1 atom stereocenters. The van der Waals surface area contributed by atoms with E-state index in [1.165, 1.54) is 0 Å². The van der Waals surface area contributed by atoms with Gasteiger partial charge in [-0.25, -0.2) is 0 Å². The Balaban J connectivity index is 3.17. The average Bonchev–Trinajstić information content (AvgIpc) is 2.15. The van der Waals surface area contributed by atoms with E-state index in [-0.39, 0.29) is 6.04 Å². The van der Waals surface area contributed by atoms with Gasteiger partial charge < -0.3 is 16.2 Å². The van der Waals surface area contributed by atoms with E-state index in [0.29, 0.717) is 0 Å². The summed E-state index contributed by atoms with van der Waals surface area (Å²) in [5.41, 5.74) is 13.8. The average molecular weight is 208 g/mol. The lowest BCUT2D eigenvalue weighted by atomic mass is 9.89. The first-order valence-corrected chi connectivity index (χ1v) is 5.05. The van der Waals surface area contributed by atoms with Crippen molar-refractivity contribution in [3.63, 3.8) is 0 Å². The fourth-order valence-corrected chi connectivity index (χ4v) is 1.50. The topological polar surface area (TPSA) is 61.3 Å². The molecule has 3 heteroatoms. The molecular formula is C12H20N2O. The predicted molar refractivity (Wildman–Crippen MR) is 62.9 cm³/mol. The van der Waals surface area contributed by atoms with Gasteiger partial charge in [-0.15, -0.1) is 0 Å². The number of hydrogen-bond donors (Lipinski definition) is 2. The Kier molecular flexibility index (Phi) is 3.37. The Bertz CT molecular complexity index is 342.